The lowest BCUT2D eigenvalue weighted by Gasteiger charge is -2.01. The van der Waals surface area contributed by atoms with E-state index in [-0.39, 0.29) is 17.6 Å². The second-order valence-electron chi connectivity index (χ2n) is 4.80. The second kappa shape index (κ2) is 9.01. The lowest BCUT2D eigenvalue weighted by Crippen LogP contribution is -2.41. The maximum Gasteiger partial charge on any atom is 0.313 e. The van der Waals surface area contributed by atoms with Gasteiger partial charge in [0.1, 0.15) is 0 Å². The van der Waals surface area contributed by atoms with Crippen LogP contribution in [0.3, 0.4) is 0 Å². The van der Waals surface area contributed by atoms with Crippen molar-refractivity contribution in [1.29, 1.82) is 0 Å². The zero-order valence-electron chi connectivity index (χ0n) is 13.0. The number of ketones is 1. The molecule has 0 saturated carbocycles. The molecular weight excluding hydrogens is 312 g/mol. The van der Waals surface area contributed by atoms with Crippen LogP contribution in [0.2, 0.25) is 0 Å². The van der Waals surface area contributed by atoms with Gasteiger partial charge in [-0.05, 0) is 19.1 Å². The van der Waals surface area contributed by atoms with E-state index in [0.717, 1.165) is 0 Å². The quantitative estimate of drug-likeness (QED) is 0.339. The molecule has 2 rings (SSSR count). The number of carbonyl (C=O) groups is 2. The van der Waals surface area contributed by atoms with E-state index in [4.69, 9.17) is 5.73 Å². The third-order valence-electron chi connectivity index (χ3n) is 2.75. The number of amides is 2. The van der Waals surface area contributed by atoms with Crippen LogP contribution in [-0.4, -0.2) is 22.9 Å². The van der Waals surface area contributed by atoms with Crippen LogP contribution in [0.25, 0.3) is 0 Å². The highest BCUT2D eigenvalue weighted by Crippen LogP contribution is 2.15. The fourth-order valence-corrected chi connectivity index (χ4v) is 1.72. The first-order chi connectivity index (χ1) is 11.3. The summed E-state index contributed by atoms with van der Waals surface area (Å²) in [6.07, 6.45) is -0.350. The minimum Gasteiger partial charge on any atom is -0.352 e. The van der Waals surface area contributed by atoms with Crippen molar-refractivity contribution < 1.29 is 14.5 Å². The fourth-order valence-electron chi connectivity index (χ4n) is 1.72. The van der Waals surface area contributed by atoms with Crippen molar-refractivity contribution in [2.75, 3.05) is 0 Å². The number of nitrogens with zero attached hydrogens (tertiary/aromatic N) is 1. The number of nitrogens with one attached hydrogen (secondary N) is 1. The van der Waals surface area contributed by atoms with Gasteiger partial charge in [-0.2, -0.15) is 0 Å². The predicted octanol–water partition coefficient (Wildman–Crippen LogP) is 1.79. The summed E-state index contributed by atoms with van der Waals surface area (Å²) in [6.45, 7) is 1.63. The van der Waals surface area contributed by atoms with Crippen molar-refractivity contribution in [3.8, 4) is 0 Å². The molecule has 0 radical (unpaired) electrons. The molecule has 126 valence electrons. The summed E-state index contributed by atoms with van der Waals surface area (Å²) in [7, 11) is 0. The summed E-state index contributed by atoms with van der Waals surface area (Å²) in [4.78, 5) is 31.8. The maximum atomic E-state index is 12.0. The SMILES string of the molecule is CC(N)NC(N)=O.O=C(c1ccccc1)c1ccc([N+](=O)[O-])cc1. The van der Waals surface area contributed by atoms with Crippen LogP contribution < -0.4 is 16.8 Å². The van der Waals surface area contributed by atoms with Gasteiger partial charge in [0.25, 0.3) is 5.69 Å². The molecule has 8 nitrogen and oxygen atoms in total. The van der Waals surface area contributed by atoms with Crippen LogP contribution in [0.1, 0.15) is 22.8 Å². The monoisotopic (exact) mass is 330 g/mol. The van der Waals surface area contributed by atoms with Crippen molar-refractivity contribution in [3.63, 3.8) is 0 Å². The van der Waals surface area contributed by atoms with E-state index < -0.39 is 11.0 Å². The van der Waals surface area contributed by atoms with Crippen LogP contribution >= 0.6 is 0 Å². The molecule has 2 aromatic carbocycles. The number of benzene rings is 2. The van der Waals surface area contributed by atoms with Gasteiger partial charge in [0.05, 0.1) is 11.1 Å². The van der Waals surface area contributed by atoms with Crippen molar-refractivity contribution in [2.24, 2.45) is 11.5 Å². The lowest BCUT2D eigenvalue weighted by atomic mass is 10.0. The van der Waals surface area contributed by atoms with E-state index in [2.05, 4.69) is 11.1 Å². The number of nitrogens with two attached hydrogens (primary N) is 2. The zero-order chi connectivity index (χ0) is 18.1. The highest BCUT2D eigenvalue weighted by molar-refractivity contribution is 6.09. The molecule has 0 aliphatic heterocycles. The minimum atomic E-state index is -0.588. The Morgan fingerprint density at radius 2 is 1.54 bits per heavy atom. The third kappa shape index (κ3) is 6.24. The molecule has 5 N–H and O–H groups in total. The van der Waals surface area contributed by atoms with Crippen molar-refractivity contribution in [1.82, 2.24) is 5.32 Å². The Labute approximate surface area is 138 Å². The van der Waals surface area contributed by atoms with Crippen LogP contribution in [0, 0.1) is 10.1 Å². The molecule has 0 aromatic heterocycles. The third-order valence-corrected chi connectivity index (χ3v) is 2.75. The number of nitro benzene ring substituents is 1. The van der Waals surface area contributed by atoms with Crippen LogP contribution in [0.4, 0.5) is 10.5 Å². The van der Waals surface area contributed by atoms with E-state index in [1.807, 2.05) is 6.07 Å². The lowest BCUT2D eigenvalue weighted by molar-refractivity contribution is -0.384. The highest BCUT2D eigenvalue weighted by atomic mass is 16.6. The topological polar surface area (TPSA) is 141 Å². The molecule has 0 fully saturated rings. The van der Waals surface area contributed by atoms with Gasteiger partial charge in [-0.25, -0.2) is 4.79 Å². The standard InChI is InChI=1S/C13H9NO3.C3H9N3O/c15-13(10-4-2-1-3-5-10)11-6-8-12(9-7-11)14(16)17;1-2(4)6-3(5)7/h1-9H;2H,4H2,1H3,(H3,5,6,7). The maximum absolute atomic E-state index is 12.0. The predicted molar refractivity (Wildman–Crippen MR) is 89.3 cm³/mol. The zero-order valence-corrected chi connectivity index (χ0v) is 13.0. The molecule has 2 amide bonds. The van der Waals surface area contributed by atoms with E-state index >= 15 is 0 Å². The molecule has 0 aliphatic rings. The van der Waals surface area contributed by atoms with Gasteiger partial charge in [-0.15, -0.1) is 0 Å². The fraction of sp³-hybridized carbons (Fsp3) is 0.125. The van der Waals surface area contributed by atoms with Crippen LogP contribution in [-0.2, 0) is 0 Å². The summed E-state index contributed by atoms with van der Waals surface area (Å²) in [5.74, 6) is -0.138. The first-order valence-electron chi connectivity index (χ1n) is 6.97. The molecule has 24 heavy (non-hydrogen) atoms. The van der Waals surface area contributed by atoms with E-state index in [1.165, 1.54) is 24.3 Å². The first-order valence-corrected chi connectivity index (χ1v) is 6.97. The number of hydrogen-bond acceptors (Lipinski definition) is 5. The molecule has 1 unspecified atom stereocenters. The Morgan fingerprint density at radius 1 is 1.04 bits per heavy atom. The Balaban J connectivity index is 0.000000351. The van der Waals surface area contributed by atoms with Crippen molar-refractivity contribution in [2.45, 2.75) is 13.1 Å². The van der Waals surface area contributed by atoms with Gasteiger partial charge in [0.2, 0.25) is 0 Å². The smallest absolute Gasteiger partial charge is 0.313 e. The molecular formula is C16H18N4O4. The first kappa shape index (κ1) is 18.8. The number of hydrogen-bond donors (Lipinski definition) is 3. The molecule has 2 aromatic rings. The number of carbonyl (C=O) groups excluding carboxylic acids is 2. The number of non-ortho nitro benzene ring substituents is 1. The normalized spacial score (nSPS) is 10.8. The number of primary amides is 1. The Hall–Kier alpha value is -3.26. The van der Waals surface area contributed by atoms with E-state index in [1.54, 1.807) is 31.2 Å². The van der Waals surface area contributed by atoms with Gasteiger partial charge in [0, 0.05) is 23.3 Å². The summed E-state index contributed by atoms with van der Waals surface area (Å²) in [5.41, 5.74) is 10.7. The van der Waals surface area contributed by atoms with Gasteiger partial charge in [0.15, 0.2) is 5.78 Å². The summed E-state index contributed by atoms with van der Waals surface area (Å²) in [5, 5.41) is 12.7. The van der Waals surface area contributed by atoms with Gasteiger partial charge < -0.3 is 16.8 Å². The molecule has 0 bridgehead atoms. The van der Waals surface area contributed by atoms with Gasteiger partial charge >= 0.3 is 6.03 Å². The minimum absolute atomic E-state index is 0.0189. The molecule has 8 heteroatoms. The number of urea groups is 1. The molecule has 0 aliphatic carbocycles. The average molecular weight is 330 g/mol. The Morgan fingerprint density at radius 3 is 1.92 bits per heavy atom. The van der Waals surface area contributed by atoms with E-state index in [0.29, 0.717) is 11.1 Å². The molecule has 1 atom stereocenters. The summed E-state index contributed by atoms with van der Waals surface area (Å²) >= 11 is 0. The van der Waals surface area contributed by atoms with Crippen molar-refractivity contribution in [3.05, 3.63) is 75.8 Å². The largest absolute Gasteiger partial charge is 0.352 e. The molecule has 0 spiro atoms. The van der Waals surface area contributed by atoms with Crippen molar-refractivity contribution >= 4 is 17.5 Å². The second-order valence-corrected chi connectivity index (χ2v) is 4.80. The van der Waals surface area contributed by atoms with E-state index in [9.17, 15) is 19.7 Å². The molecule has 0 heterocycles. The van der Waals surface area contributed by atoms with Gasteiger partial charge in [-0.1, -0.05) is 30.3 Å². The highest BCUT2D eigenvalue weighted by Gasteiger charge is 2.10. The number of nitro groups is 1. The Bertz CT molecular complexity index is 700. The summed E-state index contributed by atoms with van der Waals surface area (Å²) in [6, 6.07) is 13.8. The average Bonchev–Trinajstić information content (AvgIpc) is 2.54. The van der Waals surface area contributed by atoms with Crippen LogP contribution in [0.15, 0.2) is 54.6 Å². The number of rotatable bonds is 4. The summed E-state index contributed by atoms with van der Waals surface area (Å²) < 4.78 is 0. The van der Waals surface area contributed by atoms with Crippen LogP contribution in [0.5, 0.6) is 0 Å². The molecule has 0 saturated heterocycles. The van der Waals surface area contributed by atoms with Gasteiger partial charge in [-0.3, -0.25) is 14.9 Å². The Kier molecular flexibility index (Phi) is 7.05.